The van der Waals surface area contributed by atoms with E-state index in [0.29, 0.717) is 6.54 Å². The number of carbonyl (C=O) groups is 2. The SMILES string of the molecule is CC(=O)NCC(=O)N(N)Cc1ccccc1. The second-order valence-electron chi connectivity index (χ2n) is 3.42. The van der Waals surface area contributed by atoms with Crippen molar-refractivity contribution in [3.05, 3.63) is 35.9 Å². The van der Waals surface area contributed by atoms with E-state index >= 15 is 0 Å². The van der Waals surface area contributed by atoms with Crippen LogP contribution in [-0.4, -0.2) is 23.4 Å². The molecule has 1 aromatic rings. The summed E-state index contributed by atoms with van der Waals surface area (Å²) in [4.78, 5) is 22.0. The van der Waals surface area contributed by atoms with Crippen LogP contribution in [0, 0.1) is 0 Å². The summed E-state index contributed by atoms with van der Waals surface area (Å²) >= 11 is 0. The van der Waals surface area contributed by atoms with Crippen LogP contribution in [-0.2, 0) is 16.1 Å². The van der Waals surface area contributed by atoms with Gasteiger partial charge in [0.2, 0.25) is 5.91 Å². The lowest BCUT2D eigenvalue weighted by Gasteiger charge is -2.16. The lowest BCUT2D eigenvalue weighted by molar-refractivity contribution is -0.133. The molecule has 2 amide bonds. The van der Waals surface area contributed by atoms with Gasteiger partial charge in [-0.05, 0) is 5.56 Å². The lowest BCUT2D eigenvalue weighted by atomic mass is 10.2. The van der Waals surface area contributed by atoms with E-state index in [-0.39, 0.29) is 18.4 Å². The van der Waals surface area contributed by atoms with Gasteiger partial charge in [-0.3, -0.25) is 14.6 Å². The first kappa shape index (κ1) is 12.2. The second-order valence-corrected chi connectivity index (χ2v) is 3.42. The average molecular weight is 221 g/mol. The Morgan fingerprint density at radius 2 is 1.94 bits per heavy atom. The maximum absolute atomic E-state index is 11.4. The highest BCUT2D eigenvalue weighted by atomic mass is 16.2. The summed E-state index contributed by atoms with van der Waals surface area (Å²) in [7, 11) is 0. The van der Waals surface area contributed by atoms with Crippen LogP contribution in [0.15, 0.2) is 30.3 Å². The number of rotatable bonds is 4. The number of nitrogens with zero attached hydrogens (tertiary/aromatic N) is 1. The van der Waals surface area contributed by atoms with Crippen LogP contribution in [0.1, 0.15) is 12.5 Å². The van der Waals surface area contributed by atoms with Crippen LogP contribution < -0.4 is 11.2 Å². The summed E-state index contributed by atoms with van der Waals surface area (Å²) in [6.45, 7) is 1.61. The monoisotopic (exact) mass is 221 g/mol. The third-order valence-corrected chi connectivity index (χ3v) is 2.00. The molecule has 3 N–H and O–H groups in total. The number of amides is 2. The highest BCUT2D eigenvalue weighted by Crippen LogP contribution is 2.00. The van der Waals surface area contributed by atoms with E-state index in [1.54, 1.807) is 0 Å². The third kappa shape index (κ3) is 4.10. The van der Waals surface area contributed by atoms with E-state index in [9.17, 15) is 9.59 Å². The predicted octanol–water partition coefficient (Wildman–Crippen LogP) is 0.0250. The van der Waals surface area contributed by atoms with Crippen LogP contribution in [0.2, 0.25) is 0 Å². The quantitative estimate of drug-likeness (QED) is 0.428. The van der Waals surface area contributed by atoms with Crippen LogP contribution in [0.4, 0.5) is 0 Å². The molecule has 1 rings (SSSR count). The van der Waals surface area contributed by atoms with Crippen LogP contribution in [0.5, 0.6) is 0 Å². The van der Waals surface area contributed by atoms with E-state index < -0.39 is 0 Å². The van der Waals surface area contributed by atoms with Crippen molar-refractivity contribution >= 4 is 11.8 Å². The van der Waals surface area contributed by atoms with E-state index in [2.05, 4.69) is 5.32 Å². The minimum atomic E-state index is -0.320. The van der Waals surface area contributed by atoms with Gasteiger partial charge in [-0.25, -0.2) is 5.84 Å². The molecule has 0 atom stereocenters. The number of hydrazine groups is 1. The molecule has 0 unspecified atom stereocenters. The molecule has 5 heteroatoms. The molecule has 0 aliphatic rings. The van der Waals surface area contributed by atoms with Crippen molar-refractivity contribution in [1.29, 1.82) is 0 Å². The number of nitrogens with one attached hydrogen (secondary N) is 1. The van der Waals surface area contributed by atoms with Gasteiger partial charge in [-0.1, -0.05) is 30.3 Å². The Morgan fingerprint density at radius 1 is 1.31 bits per heavy atom. The average Bonchev–Trinajstić information content (AvgIpc) is 2.27. The van der Waals surface area contributed by atoms with E-state index in [4.69, 9.17) is 5.84 Å². The molecule has 5 nitrogen and oxygen atoms in total. The van der Waals surface area contributed by atoms with Crippen LogP contribution in [0.25, 0.3) is 0 Å². The Bertz CT molecular complexity index is 365. The first-order chi connectivity index (χ1) is 7.59. The van der Waals surface area contributed by atoms with E-state index in [1.165, 1.54) is 6.92 Å². The minimum Gasteiger partial charge on any atom is -0.347 e. The van der Waals surface area contributed by atoms with Gasteiger partial charge in [0.25, 0.3) is 5.91 Å². The highest BCUT2D eigenvalue weighted by Gasteiger charge is 2.09. The third-order valence-electron chi connectivity index (χ3n) is 2.00. The number of nitrogens with two attached hydrogens (primary N) is 1. The molecule has 1 aromatic carbocycles. The highest BCUT2D eigenvalue weighted by molar-refractivity contribution is 5.83. The molecule has 0 aromatic heterocycles. The molecule has 0 aliphatic carbocycles. The van der Waals surface area contributed by atoms with Gasteiger partial charge in [-0.15, -0.1) is 0 Å². The maximum atomic E-state index is 11.4. The van der Waals surface area contributed by atoms with E-state index in [0.717, 1.165) is 10.6 Å². The predicted molar refractivity (Wildman–Crippen MR) is 59.9 cm³/mol. The first-order valence-electron chi connectivity index (χ1n) is 4.93. The normalized spacial score (nSPS) is 9.62. The standard InChI is InChI=1S/C11H15N3O2/c1-9(15)13-7-11(16)14(12)8-10-5-3-2-4-6-10/h2-6H,7-8,12H2,1H3,(H,13,15). The molecule has 0 heterocycles. The Morgan fingerprint density at radius 3 is 2.50 bits per heavy atom. The molecule has 0 aliphatic heterocycles. The summed E-state index contributed by atoms with van der Waals surface area (Å²) < 4.78 is 0. The Hall–Kier alpha value is -1.88. The molecule has 0 radical (unpaired) electrons. The molecule has 0 bridgehead atoms. The van der Waals surface area contributed by atoms with Gasteiger partial charge in [-0.2, -0.15) is 0 Å². The molecule has 16 heavy (non-hydrogen) atoms. The van der Waals surface area contributed by atoms with Gasteiger partial charge in [0, 0.05) is 6.92 Å². The summed E-state index contributed by atoms with van der Waals surface area (Å²) in [5.41, 5.74) is 0.946. The summed E-state index contributed by atoms with van der Waals surface area (Å²) in [5.74, 6) is 5.00. The van der Waals surface area contributed by atoms with Gasteiger partial charge in [0.1, 0.15) is 0 Å². The Kier molecular flexibility index (Phi) is 4.47. The Balaban J connectivity index is 2.43. The van der Waals surface area contributed by atoms with Gasteiger partial charge in [0.05, 0.1) is 13.1 Å². The van der Waals surface area contributed by atoms with Crippen molar-refractivity contribution in [1.82, 2.24) is 10.3 Å². The Labute approximate surface area is 94.2 Å². The summed E-state index contributed by atoms with van der Waals surface area (Å²) in [5, 5.41) is 3.49. The van der Waals surface area contributed by atoms with Crippen molar-refractivity contribution < 1.29 is 9.59 Å². The molecular formula is C11H15N3O2. The lowest BCUT2D eigenvalue weighted by Crippen LogP contribution is -2.43. The summed E-state index contributed by atoms with van der Waals surface area (Å²) in [6.07, 6.45) is 0. The van der Waals surface area contributed by atoms with Crippen molar-refractivity contribution in [2.24, 2.45) is 5.84 Å². The molecule has 0 saturated heterocycles. The van der Waals surface area contributed by atoms with Gasteiger partial charge in [0.15, 0.2) is 0 Å². The molecule has 0 spiro atoms. The van der Waals surface area contributed by atoms with Crippen molar-refractivity contribution in [3.63, 3.8) is 0 Å². The molecular weight excluding hydrogens is 206 g/mol. The second kappa shape index (κ2) is 5.87. The van der Waals surface area contributed by atoms with Gasteiger partial charge < -0.3 is 5.32 Å². The fraction of sp³-hybridized carbons (Fsp3) is 0.273. The first-order valence-corrected chi connectivity index (χ1v) is 4.93. The topological polar surface area (TPSA) is 75.4 Å². The minimum absolute atomic E-state index is 0.0708. The number of hydrogen-bond donors (Lipinski definition) is 2. The number of benzene rings is 1. The zero-order valence-electron chi connectivity index (χ0n) is 9.14. The maximum Gasteiger partial charge on any atom is 0.256 e. The zero-order chi connectivity index (χ0) is 12.0. The van der Waals surface area contributed by atoms with Crippen molar-refractivity contribution in [2.45, 2.75) is 13.5 Å². The summed E-state index contributed by atoms with van der Waals surface area (Å²) in [6, 6.07) is 9.41. The smallest absolute Gasteiger partial charge is 0.256 e. The van der Waals surface area contributed by atoms with Crippen molar-refractivity contribution in [2.75, 3.05) is 6.54 Å². The zero-order valence-corrected chi connectivity index (χ0v) is 9.14. The van der Waals surface area contributed by atoms with E-state index in [1.807, 2.05) is 30.3 Å². The number of hydrogen-bond acceptors (Lipinski definition) is 3. The van der Waals surface area contributed by atoms with Crippen molar-refractivity contribution in [3.8, 4) is 0 Å². The van der Waals surface area contributed by atoms with Crippen LogP contribution >= 0.6 is 0 Å². The van der Waals surface area contributed by atoms with Crippen LogP contribution in [0.3, 0.4) is 0 Å². The fourth-order valence-corrected chi connectivity index (χ4v) is 1.17. The molecule has 86 valence electrons. The number of carbonyl (C=O) groups excluding carboxylic acids is 2. The fourth-order valence-electron chi connectivity index (χ4n) is 1.17. The van der Waals surface area contributed by atoms with Gasteiger partial charge >= 0.3 is 0 Å². The molecule has 0 saturated carbocycles. The largest absolute Gasteiger partial charge is 0.347 e. The molecule has 0 fully saturated rings.